The van der Waals surface area contributed by atoms with Crippen LogP contribution in [0.4, 0.5) is 5.69 Å². The van der Waals surface area contributed by atoms with Gasteiger partial charge in [-0.2, -0.15) is 0 Å². The van der Waals surface area contributed by atoms with Crippen LogP contribution in [-0.4, -0.2) is 37.7 Å². The number of quaternary nitrogens is 1. The van der Waals surface area contributed by atoms with Crippen LogP contribution in [0.1, 0.15) is 44.1 Å². The minimum absolute atomic E-state index is 0.00708. The molecule has 2 saturated heterocycles. The Morgan fingerprint density at radius 1 is 1.20 bits per heavy atom. The Balaban J connectivity index is 1.65. The van der Waals surface area contributed by atoms with E-state index in [4.69, 9.17) is 4.74 Å². The third-order valence-corrected chi connectivity index (χ3v) is 8.80. The van der Waals surface area contributed by atoms with E-state index in [1.807, 2.05) is 4.90 Å². The van der Waals surface area contributed by atoms with Gasteiger partial charge in [-0.25, -0.2) is 0 Å². The highest BCUT2D eigenvalue weighted by Gasteiger charge is 2.81. The lowest BCUT2D eigenvalue weighted by atomic mass is 9.39. The number of hydrogen-bond acceptors (Lipinski definition) is 3. The van der Waals surface area contributed by atoms with Crippen LogP contribution in [0.15, 0.2) is 24.3 Å². The summed E-state index contributed by atoms with van der Waals surface area (Å²) in [6, 6.07) is 9.58. The van der Waals surface area contributed by atoms with E-state index >= 15 is 0 Å². The van der Waals surface area contributed by atoms with Crippen LogP contribution in [-0.2, 0) is 14.9 Å². The minimum atomic E-state index is -0.130. The number of carbonyl (C=O) groups is 1. The number of para-hydroxylation sites is 1. The predicted molar refractivity (Wildman–Crippen MR) is 94.6 cm³/mol. The number of nitrogens with one attached hydrogen (secondary N) is 2. The second kappa shape index (κ2) is 4.40. The fourth-order valence-electron chi connectivity index (χ4n) is 8.28. The van der Waals surface area contributed by atoms with Crippen molar-refractivity contribution in [1.29, 1.82) is 0 Å². The summed E-state index contributed by atoms with van der Waals surface area (Å²) in [7, 11) is 1.57. The number of carbonyl (C=O) groups excluding carboxylic acids is 1. The van der Waals surface area contributed by atoms with Gasteiger partial charge in [-0.15, -0.1) is 0 Å². The number of hydrogen-bond donors (Lipinski definition) is 2. The molecule has 0 aromatic heterocycles. The maximum Gasteiger partial charge on any atom is 0.311 e. The predicted octanol–water partition coefficient (Wildman–Crippen LogP) is 1.51. The summed E-state index contributed by atoms with van der Waals surface area (Å²) in [6.45, 7) is 2.58. The summed E-state index contributed by atoms with van der Waals surface area (Å²) in [6.07, 6.45) is 7.25. The first-order valence-corrected chi connectivity index (χ1v) is 9.97. The zero-order valence-corrected chi connectivity index (χ0v) is 14.9. The van der Waals surface area contributed by atoms with Crippen molar-refractivity contribution in [3.05, 3.63) is 29.8 Å². The van der Waals surface area contributed by atoms with E-state index in [2.05, 4.69) is 29.6 Å². The van der Waals surface area contributed by atoms with Crippen LogP contribution in [0.5, 0.6) is 0 Å². The topological polar surface area (TPSA) is 42.8 Å². The quantitative estimate of drug-likeness (QED) is 0.763. The van der Waals surface area contributed by atoms with Crippen LogP contribution < -0.4 is 10.2 Å². The van der Waals surface area contributed by atoms with Gasteiger partial charge in [-0.1, -0.05) is 18.2 Å². The monoisotopic (exact) mass is 339 g/mol. The number of fused-ring (bicyclic) bond motifs is 3. The molecule has 3 heterocycles. The molecule has 2 N–H and O–H groups in total. The maximum atomic E-state index is 12.9. The fourth-order valence-corrected chi connectivity index (χ4v) is 8.28. The summed E-state index contributed by atoms with van der Waals surface area (Å²) in [5.41, 5.74) is 3.10. The number of benzene rings is 1. The maximum absolute atomic E-state index is 12.9. The van der Waals surface area contributed by atoms with E-state index < -0.39 is 0 Å². The van der Waals surface area contributed by atoms with Crippen molar-refractivity contribution in [2.24, 2.45) is 11.3 Å². The van der Waals surface area contributed by atoms with Gasteiger partial charge in [-0.3, -0.25) is 4.79 Å². The van der Waals surface area contributed by atoms with Crippen LogP contribution in [0.2, 0.25) is 0 Å². The lowest BCUT2D eigenvalue weighted by Gasteiger charge is -2.66. The van der Waals surface area contributed by atoms with Gasteiger partial charge in [0, 0.05) is 17.5 Å². The SMILES string of the molecule is COC(=O)[C@@H]1C[C@@]23CCC[NH+]4CC[C@@]5(c6ccccc6N[C@]15CC2)[C@H]43. The zero-order valence-electron chi connectivity index (χ0n) is 14.9. The van der Waals surface area contributed by atoms with Crippen molar-refractivity contribution < 1.29 is 14.4 Å². The molecule has 7 rings (SSSR count). The second-order valence-electron chi connectivity index (χ2n) is 9.20. The van der Waals surface area contributed by atoms with Crippen molar-refractivity contribution in [3.8, 4) is 0 Å². The number of methoxy groups -OCH3 is 1. The molecule has 1 unspecified atom stereocenters. The Kier molecular flexibility index (Phi) is 2.57. The number of esters is 1. The molecule has 3 spiro atoms. The first-order chi connectivity index (χ1) is 12.2. The molecule has 6 atom stereocenters. The van der Waals surface area contributed by atoms with E-state index in [9.17, 15) is 4.79 Å². The van der Waals surface area contributed by atoms with Gasteiger partial charge in [0.2, 0.25) is 0 Å². The van der Waals surface area contributed by atoms with E-state index in [-0.39, 0.29) is 22.8 Å². The van der Waals surface area contributed by atoms with Gasteiger partial charge in [0.25, 0.3) is 0 Å². The van der Waals surface area contributed by atoms with Crippen LogP contribution in [0.25, 0.3) is 0 Å². The molecule has 132 valence electrons. The molecular formula is C21H27N2O2+. The molecule has 3 aliphatic carbocycles. The van der Waals surface area contributed by atoms with Crippen molar-refractivity contribution in [3.63, 3.8) is 0 Å². The minimum Gasteiger partial charge on any atom is -0.469 e. The Bertz CT molecular complexity index is 779. The lowest BCUT2D eigenvalue weighted by Crippen LogP contribution is -3.18. The normalized spacial score (nSPS) is 48.3. The Labute approximate surface area is 148 Å². The third-order valence-electron chi connectivity index (χ3n) is 8.80. The molecule has 1 aromatic rings. The number of piperidine rings is 1. The van der Waals surface area contributed by atoms with E-state index in [1.54, 1.807) is 7.11 Å². The molecule has 25 heavy (non-hydrogen) atoms. The molecular weight excluding hydrogens is 312 g/mol. The smallest absolute Gasteiger partial charge is 0.311 e. The van der Waals surface area contributed by atoms with Gasteiger partial charge in [-0.05, 0) is 43.7 Å². The molecule has 6 aliphatic rings. The standard InChI is InChI=1S/C21H26N2O2/c1-25-17(24)15-13-19-7-4-11-23-12-10-20(18(19)23)14-5-2-3-6-16(14)22-21(15,20)9-8-19/h2-3,5-6,15,18,22H,4,7-13H2,1H3/p+1/t15-,18+,19+,20+,21+/m0/s1. The van der Waals surface area contributed by atoms with Crippen molar-refractivity contribution in [1.82, 2.24) is 0 Å². The molecule has 3 aliphatic heterocycles. The van der Waals surface area contributed by atoms with Crippen molar-refractivity contribution in [2.45, 2.75) is 55.5 Å². The number of rotatable bonds is 1. The summed E-state index contributed by atoms with van der Waals surface area (Å²) in [4.78, 5) is 14.7. The second-order valence-corrected chi connectivity index (χ2v) is 9.20. The summed E-state index contributed by atoms with van der Waals surface area (Å²) in [5, 5.41) is 3.94. The third kappa shape index (κ3) is 1.38. The van der Waals surface area contributed by atoms with E-state index in [0.29, 0.717) is 11.5 Å². The highest BCUT2D eigenvalue weighted by Crippen LogP contribution is 2.71. The van der Waals surface area contributed by atoms with Crippen molar-refractivity contribution >= 4 is 11.7 Å². The Hall–Kier alpha value is -1.55. The fraction of sp³-hybridized carbons (Fsp3) is 0.667. The first-order valence-electron chi connectivity index (χ1n) is 9.97. The van der Waals surface area contributed by atoms with Crippen LogP contribution in [0.3, 0.4) is 0 Å². The Morgan fingerprint density at radius 2 is 2.08 bits per heavy atom. The number of ether oxygens (including phenoxy) is 1. The molecule has 4 heteroatoms. The van der Waals surface area contributed by atoms with Crippen LogP contribution in [0, 0.1) is 11.3 Å². The largest absolute Gasteiger partial charge is 0.469 e. The molecule has 0 radical (unpaired) electrons. The molecule has 2 bridgehead atoms. The highest BCUT2D eigenvalue weighted by atomic mass is 16.5. The summed E-state index contributed by atoms with van der Waals surface area (Å²) in [5.74, 6) is 0.00331. The van der Waals surface area contributed by atoms with Crippen LogP contribution >= 0.6 is 0 Å². The summed E-state index contributed by atoms with van der Waals surface area (Å²) < 4.78 is 5.34. The van der Waals surface area contributed by atoms with E-state index in [0.717, 1.165) is 12.8 Å². The Morgan fingerprint density at radius 3 is 2.96 bits per heavy atom. The van der Waals surface area contributed by atoms with Gasteiger partial charge >= 0.3 is 5.97 Å². The van der Waals surface area contributed by atoms with Gasteiger partial charge < -0.3 is 15.0 Å². The molecule has 3 saturated carbocycles. The van der Waals surface area contributed by atoms with E-state index in [1.165, 1.54) is 50.0 Å². The molecule has 5 fully saturated rings. The first kappa shape index (κ1) is 14.6. The average Bonchev–Trinajstić information content (AvgIpc) is 3.19. The van der Waals surface area contributed by atoms with Crippen molar-refractivity contribution in [2.75, 3.05) is 25.5 Å². The van der Waals surface area contributed by atoms with Gasteiger partial charge in [0.1, 0.15) is 6.04 Å². The molecule has 4 nitrogen and oxygen atoms in total. The van der Waals surface area contributed by atoms with Gasteiger partial charge in [0.15, 0.2) is 0 Å². The number of anilines is 1. The average molecular weight is 339 g/mol. The zero-order chi connectivity index (χ0) is 16.9. The highest BCUT2D eigenvalue weighted by molar-refractivity contribution is 5.80. The molecule has 0 amide bonds. The molecule has 1 aromatic carbocycles. The lowest BCUT2D eigenvalue weighted by molar-refractivity contribution is -0.931. The van der Waals surface area contributed by atoms with Gasteiger partial charge in [0.05, 0.1) is 37.1 Å². The summed E-state index contributed by atoms with van der Waals surface area (Å²) >= 11 is 0.